The quantitative estimate of drug-likeness (QED) is 0.731. The molecule has 2 aromatic rings. The molecular weight excluding hydrogens is 158 g/mol. The number of nitrogens with one attached hydrogen (secondary N) is 1. The van der Waals surface area contributed by atoms with E-state index in [4.69, 9.17) is 0 Å². The largest absolute Gasteiger partial charge is 0.365 e. The van der Waals surface area contributed by atoms with Gasteiger partial charge in [-0.05, 0) is 30.5 Å². The Hall–Kier alpha value is -1.50. The molecule has 0 aliphatic rings. The average Bonchev–Trinajstić information content (AvgIpc) is 2.69. The van der Waals surface area contributed by atoms with Gasteiger partial charge < -0.3 is 4.98 Å². The van der Waals surface area contributed by atoms with Gasteiger partial charge in [-0.3, -0.25) is 0 Å². The topological polar surface area (TPSA) is 15.8 Å². The highest BCUT2D eigenvalue weighted by molar-refractivity contribution is 5.16. The molecule has 13 heavy (non-hydrogen) atoms. The second-order valence-electron chi connectivity index (χ2n) is 3.18. The molecule has 2 rings (SSSR count). The van der Waals surface area contributed by atoms with Crippen molar-refractivity contribution in [3.8, 4) is 0 Å². The van der Waals surface area contributed by atoms with Crippen molar-refractivity contribution in [2.24, 2.45) is 0 Å². The molecule has 0 amide bonds. The minimum Gasteiger partial charge on any atom is -0.365 e. The Morgan fingerprint density at radius 2 is 1.69 bits per heavy atom. The van der Waals surface area contributed by atoms with Gasteiger partial charge in [0.2, 0.25) is 0 Å². The van der Waals surface area contributed by atoms with Gasteiger partial charge in [-0.2, -0.15) is 0 Å². The van der Waals surface area contributed by atoms with Crippen molar-refractivity contribution in [2.45, 2.75) is 12.8 Å². The van der Waals surface area contributed by atoms with Gasteiger partial charge in [0.05, 0.1) is 0 Å². The van der Waals surface area contributed by atoms with Crippen molar-refractivity contribution in [3.63, 3.8) is 0 Å². The Morgan fingerprint density at radius 1 is 0.846 bits per heavy atom. The number of aromatic amines is 1. The highest BCUT2D eigenvalue weighted by atomic mass is 14.7. The summed E-state index contributed by atoms with van der Waals surface area (Å²) >= 11 is 0. The Morgan fingerprint density at radius 3 is 2.38 bits per heavy atom. The lowest BCUT2D eigenvalue weighted by atomic mass is 10.1. The molecule has 0 atom stereocenters. The van der Waals surface area contributed by atoms with Gasteiger partial charge in [-0.25, -0.2) is 0 Å². The number of rotatable bonds is 3. The fourth-order valence-electron chi connectivity index (χ4n) is 1.45. The summed E-state index contributed by atoms with van der Waals surface area (Å²) in [6.45, 7) is 0. The molecule has 0 unspecified atom stereocenters. The number of hydrogen-bond acceptors (Lipinski definition) is 0. The third-order valence-corrected chi connectivity index (χ3v) is 2.19. The van der Waals surface area contributed by atoms with Gasteiger partial charge in [0.15, 0.2) is 0 Å². The van der Waals surface area contributed by atoms with E-state index in [0.29, 0.717) is 0 Å². The minimum atomic E-state index is 1.09. The normalized spacial score (nSPS) is 10.2. The Labute approximate surface area is 78.4 Å². The van der Waals surface area contributed by atoms with Crippen LogP contribution in [-0.2, 0) is 12.8 Å². The van der Waals surface area contributed by atoms with Crippen molar-refractivity contribution >= 4 is 0 Å². The van der Waals surface area contributed by atoms with Crippen LogP contribution in [0.1, 0.15) is 11.3 Å². The van der Waals surface area contributed by atoms with E-state index in [9.17, 15) is 0 Å². The first-order valence-corrected chi connectivity index (χ1v) is 4.61. The van der Waals surface area contributed by atoms with E-state index in [1.54, 1.807) is 0 Å². The first kappa shape index (κ1) is 8.11. The highest BCUT2D eigenvalue weighted by Crippen LogP contribution is 2.04. The van der Waals surface area contributed by atoms with Crippen LogP contribution in [0.5, 0.6) is 0 Å². The summed E-state index contributed by atoms with van der Waals surface area (Å²) in [6, 6.07) is 14.7. The third-order valence-electron chi connectivity index (χ3n) is 2.19. The Balaban J connectivity index is 1.94. The number of aryl methyl sites for hydroxylation is 2. The third kappa shape index (κ3) is 2.22. The van der Waals surface area contributed by atoms with Crippen molar-refractivity contribution in [3.05, 3.63) is 59.9 Å². The molecule has 1 heterocycles. The van der Waals surface area contributed by atoms with E-state index in [1.165, 1.54) is 11.3 Å². The van der Waals surface area contributed by atoms with Crippen molar-refractivity contribution in [1.82, 2.24) is 4.98 Å². The number of benzene rings is 1. The van der Waals surface area contributed by atoms with Crippen molar-refractivity contribution in [2.75, 3.05) is 0 Å². The molecule has 0 bridgehead atoms. The number of H-pyrrole nitrogens is 1. The molecule has 0 radical (unpaired) electrons. The van der Waals surface area contributed by atoms with Crippen LogP contribution in [-0.4, -0.2) is 4.98 Å². The zero-order chi connectivity index (χ0) is 8.93. The molecule has 0 fully saturated rings. The van der Waals surface area contributed by atoms with Crippen LogP contribution in [0, 0.1) is 0 Å². The standard InChI is InChI=1S/C12H13N/c1-2-5-11(6-3-1)8-9-12-7-4-10-13-12/h1-7,10,13H,8-9H2. The molecule has 0 saturated heterocycles. The van der Waals surface area contributed by atoms with Gasteiger partial charge in [-0.1, -0.05) is 30.3 Å². The summed E-state index contributed by atoms with van der Waals surface area (Å²) in [5, 5.41) is 0. The summed E-state index contributed by atoms with van der Waals surface area (Å²) in [5.41, 5.74) is 2.71. The molecule has 0 saturated carbocycles. The van der Waals surface area contributed by atoms with E-state index in [0.717, 1.165) is 12.8 Å². The molecule has 1 nitrogen and oxygen atoms in total. The zero-order valence-corrected chi connectivity index (χ0v) is 7.53. The maximum absolute atomic E-state index is 3.21. The summed E-state index contributed by atoms with van der Waals surface area (Å²) in [4.78, 5) is 3.21. The molecule has 0 aliphatic carbocycles. The summed E-state index contributed by atoms with van der Waals surface area (Å²) in [5.74, 6) is 0. The molecule has 1 aromatic heterocycles. The first-order chi connectivity index (χ1) is 6.45. The molecule has 0 spiro atoms. The van der Waals surface area contributed by atoms with Crippen LogP contribution >= 0.6 is 0 Å². The van der Waals surface area contributed by atoms with Crippen LogP contribution in [0.4, 0.5) is 0 Å². The minimum absolute atomic E-state index is 1.09. The van der Waals surface area contributed by atoms with Crippen molar-refractivity contribution in [1.29, 1.82) is 0 Å². The molecule has 66 valence electrons. The lowest BCUT2D eigenvalue weighted by Crippen LogP contribution is -1.90. The molecule has 0 aliphatic heterocycles. The SMILES string of the molecule is c1ccc(CCc2ccc[nH]2)cc1. The van der Waals surface area contributed by atoms with Crippen LogP contribution in [0.15, 0.2) is 48.7 Å². The van der Waals surface area contributed by atoms with E-state index in [1.807, 2.05) is 12.3 Å². The first-order valence-electron chi connectivity index (χ1n) is 4.61. The molecule has 1 aromatic carbocycles. The van der Waals surface area contributed by atoms with Gasteiger partial charge >= 0.3 is 0 Å². The molecule has 1 heteroatoms. The molecular formula is C12H13N. The van der Waals surface area contributed by atoms with Gasteiger partial charge in [-0.15, -0.1) is 0 Å². The number of hydrogen-bond donors (Lipinski definition) is 1. The fraction of sp³-hybridized carbons (Fsp3) is 0.167. The van der Waals surface area contributed by atoms with Crippen LogP contribution in [0.2, 0.25) is 0 Å². The Kier molecular flexibility index (Phi) is 2.46. The van der Waals surface area contributed by atoms with Gasteiger partial charge in [0, 0.05) is 11.9 Å². The monoisotopic (exact) mass is 171 g/mol. The van der Waals surface area contributed by atoms with Crippen LogP contribution in [0.3, 0.4) is 0 Å². The second-order valence-corrected chi connectivity index (χ2v) is 3.18. The highest BCUT2D eigenvalue weighted by Gasteiger charge is 1.94. The fourth-order valence-corrected chi connectivity index (χ4v) is 1.45. The lowest BCUT2D eigenvalue weighted by Gasteiger charge is -1.98. The van der Waals surface area contributed by atoms with Crippen LogP contribution < -0.4 is 0 Å². The average molecular weight is 171 g/mol. The van der Waals surface area contributed by atoms with Crippen LogP contribution in [0.25, 0.3) is 0 Å². The summed E-state index contributed by atoms with van der Waals surface area (Å²) in [7, 11) is 0. The maximum Gasteiger partial charge on any atom is 0.0150 e. The maximum atomic E-state index is 3.21. The van der Waals surface area contributed by atoms with Gasteiger partial charge in [0.1, 0.15) is 0 Å². The van der Waals surface area contributed by atoms with E-state index >= 15 is 0 Å². The second kappa shape index (κ2) is 3.94. The van der Waals surface area contributed by atoms with Gasteiger partial charge in [0.25, 0.3) is 0 Å². The van der Waals surface area contributed by atoms with E-state index < -0.39 is 0 Å². The summed E-state index contributed by atoms with van der Waals surface area (Å²) in [6.07, 6.45) is 4.18. The lowest BCUT2D eigenvalue weighted by molar-refractivity contribution is 0.926. The predicted molar refractivity (Wildman–Crippen MR) is 54.6 cm³/mol. The predicted octanol–water partition coefficient (Wildman–Crippen LogP) is 2.80. The zero-order valence-electron chi connectivity index (χ0n) is 7.53. The number of aromatic nitrogens is 1. The Bertz CT molecular complexity index is 335. The smallest absolute Gasteiger partial charge is 0.0150 e. The summed E-state index contributed by atoms with van der Waals surface area (Å²) < 4.78 is 0. The van der Waals surface area contributed by atoms with Crippen molar-refractivity contribution < 1.29 is 0 Å². The molecule has 1 N–H and O–H groups in total. The van der Waals surface area contributed by atoms with E-state index in [-0.39, 0.29) is 0 Å². The van der Waals surface area contributed by atoms with E-state index in [2.05, 4.69) is 41.4 Å².